The minimum absolute atomic E-state index is 0.351. The van der Waals surface area contributed by atoms with Gasteiger partial charge in [-0.3, -0.25) is 4.90 Å². The fourth-order valence-electron chi connectivity index (χ4n) is 2.90. The molecule has 2 heterocycles. The van der Waals surface area contributed by atoms with Crippen LogP contribution in [-0.4, -0.2) is 37.4 Å². The van der Waals surface area contributed by atoms with Crippen molar-refractivity contribution in [3.05, 3.63) is 23.8 Å². The largest absolute Gasteiger partial charge is 0.454 e. The van der Waals surface area contributed by atoms with Gasteiger partial charge in [-0.05, 0) is 43.6 Å². The first-order chi connectivity index (χ1) is 9.36. The quantitative estimate of drug-likeness (QED) is 0.880. The molecule has 2 aliphatic heterocycles. The molecule has 2 aliphatic rings. The maximum Gasteiger partial charge on any atom is 0.231 e. The summed E-state index contributed by atoms with van der Waals surface area (Å²) in [7, 11) is 0. The second-order valence-electron chi connectivity index (χ2n) is 5.30. The molecule has 1 atom stereocenters. The number of hydrogen-bond acceptors (Lipinski definition) is 4. The van der Waals surface area contributed by atoms with Crippen molar-refractivity contribution < 1.29 is 9.47 Å². The van der Waals surface area contributed by atoms with Crippen molar-refractivity contribution in [1.29, 1.82) is 0 Å². The Morgan fingerprint density at radius 3 is 3.00 bits per heavy atom. The average molecular weight is 262 g/mol. The second kappa shape index (κ2) is 5.80. The Kier molecular flexibility index (Phi) is 3.89. The van der Waals surface area contributed by atoms with Crippen molar-refractivity contribution in [2.45, 2.75) is 32.4 Å². The molecule has 4 nitrogen and oxygen atoms in total. The van der Waals surface area contributed by atoms with E-state index in [1.807, 2.05) is 6.07 Å². The van der Waals surface area contributed by atoms with E-state index in [2.05, 4.69) is 29.3 Å². The van der Waals surface area contributed by atoms with Gasteiger partial charge in [0.05, 0.1) is 0 Å². The minimum atomic E-state index is 0.351. The molecule has 1 N–H and O–H groups in total. The summed E-state index contributed by atoms with van der Waals surface area (Å²) in [5, 5.41) is 3.45. The smallest absolute Gasteiger partial charge is 0.231 e. The molecule has 1 aromatic carbocycles. The van der Waals surface area contributed by atoms with Crippen LogP contribution in [0.5, 0.6) is 11.5 Å². The van der Waals surface area contributed by atoms with Crippen molar-refractivity contribution in [3.63, 3.8) is 0 Å². The Balaban J connectivity index is 1.70. The highest BCUT2D eigenvalue weighted by Crippen LogP contribution is 2.33. The van der Waals surface area contributed by atoms with Crippen LogP contribution in [0, 0.1) is 0 Å². The fraction of sp³-hybridized carbons (Fsp3) is 0.600. The van der Waals surface area contributed by atoms with E-state index in [0.29, 0.717) is 12.8 Å². The van der Waals surface area contributed by atoms with Gasteiger partial charge >= 0.3 is 0 Å². The Morgan fingerprint density at radius 2 is 2.21 bits per heavy atom. The summed E-state index contributed by atoms with van der Waals surface area (Å²) in [6, 6.07) is 6.96. The molecular formula is C15H22N2O2. The number of nitrogens with one attached hydrogen (secondary N) is 1. The van der Waals surface area contributed by atoms with Crippen LogP contribution in [0.2, 0.25) is 0 Å². The first kappa shape index (κ1) is 12.8. The van der Waals surface area contributed by atoms with Crippen LogP contribution >= 0.6 is 0 Å². The van der Waals surface area contributed by atoms with Gasteiger partial charge in [0, 0.05) is 19.1 Å². The van der Waals surface area contributed by atoms with E-state index in [4.69, 9.17) is 9.47 Å². The highest BCUT2D eigenvalue weighted by molar-refractivity contribution is 5.44. The van der Waals surface area contributed by atoms with Crippen molar-refractivity contribution >= 4 is 0 Å². The Hall–Kier alpha value is -1.26. The predicted molar refractivity (Wildman–Crippen MR) is 74.5 cm³/mol. The summed E-state index contributed by atoms with van der Waals surface area (Å²) < 4.78 is 10.8. The zero-order chi connectivity index (χ0) is 13.1. The van der Waals surface area contributed by atoms with Gasteiger partial charge in [0.25, 0.3) is 0 Å². The highest BCUT2D eigenvalue weighted by atomic mass is 16.7. The molecule has 1 aromatic rings. The zero-order valence-electron chi connectivity index (χ0n) is 11.5. The molecule has 0 saturated carbocycles. The molecule has 1 unspecified atom stereocenters. The summed E-state index contributed by atoms with van der Waals surface area (Å²) in [5.74, 6) is 1.76. The van der Waals surface area contributed by atoms with E-state index >= 15 is 0 Å². The maximum atomic E-state index is 5.45. The molecule has 0 aromatic heterocycles. The van der Waals surface area contributed by atoms with Gasteiger partial charge in [-0.25, -0.2) is 0 Å². The van der Waals surface area contributed by atoms with Gasteiger partial charge < -0.3 is 14.8 Å². The van der Waals surface area contributed by atoms with Crippen molar-refractivity contribution in [3.8, 4) is 11.5 Å². The number of nitrogens with zero attached hydrogens (tertiary/aromatic N) is 1. The first-order valence-corrected chi connectivity index (χ1v) is 7.20. The van der Waals surface area contributed by atoms with E-state index in [1.54, 1.807) is 0 Å². The van der Waals surface area contributed by atoms with E-state index in [0.717, 1.165) is 37.7 Å². The van der Waals surface area contributed by atoms with Crippen LogP contribution in [0.1, 0.15) is 25.3 Å². The molecule has 0 aliphatic carbocycles. The van der Waals surface area contributed by atoms with E-state index in [1.165, 1.54) is 18.4 Å². The lowest BCUT2D eigenvalue weighted by atomic mass is 10.1. The van der Waals surface area contributed by atoms with E-state index in [-0.39, 0.29) is 0 Å². The number of hydrogen-bond donors (Lipinski definition) is 1. The lowest BCUT2D eigenvalue weighted by Gasteiger charge is -2.28. The van der Waals surface area contributed by atoms with Crippen LogP contribution < -0.4 is 14.8 Å². The summed E-state index contributed by atoms with van der Waals surface area (Å²) in [5.41, 5.74) is 1.31. The molecule has 0 amide bonds. The Labute approximate surface area is 114 Å². The van der Waals surface area contributed by atoms with E-state index in [9.17, 15) is 0 Å². The van der Waals surface area contributed by atoms with Crippen molar-refractivity contribution in [1.82, 2.24) is 10.2 Å². The van der Waals surface area contributed by atoms with Crippen LogP contribution in [-0.2, 0) is 6.54 Å². The number of benzene rings is 1. The third-order valence-corrected chi connectivity index (χ3v) is 3.88. The molecule has 0 spiro atoms. The topological polar surface area (TPSA) is 33.7 Å². The van der Waals surface area contributed by atoms with Crippen LogP contribution in [0.15, 0.2) is 18.2 Å². The Bertz CT molecular complexity index is 430. The summed E-state index contributed by atoms with van der Waals surface area (Å²) >= 11 is 0. The summed E-state index contributed by atoms with van der Waals surface area (Å²) in [6.45, 7) is 7.01. The standard InChI is InChI=1S/C15H22N2O2/c1-2-7-17(13-5-6-16-9-13)10-12-3-4-14-15(8-12)19-11-18-14/h3-4,8,13,16H,2,5-7,9-11H2,1H3. The van der Waals surface area contributed by atoms with Crippen LogP contribution in [0.3, 0.4) is 0 Å². The van der Waals surface area contributed by atoms with Gasteiger partial charge in [0.15, 0.2) is 11.5 Å². The molecular weight excluding hydrogens is 240 g/mol. The minimum Gasteiger partial charge on any atom is -0.454 e. The molecule has 104 valence electrons. The number of ether oxygens (including phenoxy) is 2. The summed E-state index contributed by atoms with van der Waals surface area (Å²) in [4.78, 5) is 2.58. The SMILES string of the molecule is CCCN(Cc1ccc2c(c1)OCO2)C1CCNC1. The van der Waals surface area contributed by atoms with Crippen molar-refractivity contribution in [2.75, 3.05) is 26.4 Å². The maximum absolute atomic E-state index is 5.45. The van der Waals surface area contributed by atoms with Gasteiger partial charge in [0.2, 0.25) is 6.79 Å². The predicted octanol–water partition coefficient (Wildman–Crippen LogP) is 1.99. The molecule has 3 rings (SSSR count). The molecule has 1 fully saturated rings. The first-order valence-electron chi connectivity index (χ1n) is 7.20. The van der Waals surface area contributed by atoms with Crippen molar-refractivity contribution in [2.24, 2.45) is 0 Å². The normalized spacial score (nSPS) is 21.3. The van der Waals surface area contributed by atoms with E-state index < -0.39 is 0 Å². The number of fused-ring (bicyclic) bond motifs is 1. The highest BCUT2D eigenvalue weighted by Gasteiger charge is 2.22. The third kappa shape index (κ3) is 2.85. The lowest BCUT2D eigenvalue weighted by molar-refractivity contribution is 0.173. The molecule has 1 saturated heterocycles. The third-order valence-electron chi connectivity index (χ3n) is 3.88. The number of rotatable bonds is 5. The van der Waals surface area contributed by atoms with Gasteiger partial charge in [-0.2, -0.15) is 0 Å². The molecule has 4 heteroatoms. The van der Waals surface area contributed by atoms with Crippen LogP contribution in [0.4, 0.5) is 0 Å². The molecule has 19 heavy (non-hydrogen) atoms. The monoisotopic (exact) mass is 262 g/mol. The van der Waals surface area contributed by atoms with Crippen LogP contribution in [0.25, 0.3) is 0 Å². The molecule has 0 radical (unpaired) electrons. The molecule has 0 bridgehead atoms. The Morgan fingerprint density at radius 1 is 1.32 bits per heavy atom. The van der Waals surface area contributed by atoms with Gasteiger partial charge in [-0.1, -0.05) is 13.0 Å². The fourth-order valence-corrected chi connectivity index (χ4v) is 2.90. The zero-order valence-corrected chi connectivity index (χ0v) is 11.5. The lowest BCUT2D eigenvalue weighted by Crippen LogP contribution is -2.36. The van der Waals surface area contributed by atoms with Gasteiger partial charge in [0.1, 0.15) is 0 Å². The average Bonchev–Trinajstić information content (AvgIpc) is 3.09. The van der Waals surface area contributed by atoms with Gasteiger partial charge in [-0.15, -0.1) is 0 Å². The second-order valence-corrected chi connectivity index (χ2v) is 5.30. The summed E-state index contributed by atoms with van der Waals surface area (Å²) in [6.07, 6.45) is 2.45.